The number of hydrogen-bond acceptors (Lipinski definition) is 5. The van der Waals surface area contributed by atoms with Crippen LogP contribution in [0.25, 0.3) is 28.9 Å². The fourth-order valence-electron chi connectivity index (χ4n) is 3.87. The van der Waals surface area contributed by atoms with Gasteiger partial charge in [0.1, 0.15) is 11.4 Å². The first-order valence-electron chi connectivity index (χ1n) is 11.3. The SMILES string of the molecule is COc1ccc(C=Cc2cnn3c(=O)n(Cc4ccc(C(F)(F)F)nc4)nc3c2-c2ccc(Cl)cc2)cc1. The normalized spacial score (nSPS) is 11.9. The summed E-state index contributed by atoms with van der Waals surface area (Å²) < 4.78 is 46.1. The van der Waals surface area contributed by atoms with Crippen molar-refractivity contribution in [2.45, 2.75) is 12.7 Å². The third kappa shape index (κ3) is 5.16. The maximum absolute atomic E-state index is 13.1. The van der Waals surface area contributed by atoms with Gasteiger partial charge in [-0.25, -0.2) is 9.48 Å². The largest absolute Gasteiger partial charge is 0.497 e. The molecule has 0 aliphatic rings. The van der Waals surface area contributed by atoms with Crippen LogP contribution >= 0.6 is 11.6 Å². The lowest BCUT2D eigenvalue weighted by Gasteiger charge is -2.08. The predicted molar refractivity (Wildman–Crippen MR) is 138 cm³/mol. The molecule has 0 radical (unpaired) electrons. The topological polar surface area (TPSA) is 74.3 Å². The Kier molecular flexibility index (Phi) is 6.73. The van der Waals surface area contributed by atoms with E-state index < -0.39 is 17.6 Å². The summed E-state index contributed by atoms with van der Waals surface area (Å²) in [6, 6.07) is 16.7. The average Bonchev–Trinajstić information content (AvgIpc) is 3.22. The van der Waals surface area contributed by atoms with Gasteiger partial charge in [0.15, 0.2) is 5.65 Å². The number of hydrogen-bond donors (Lipinski definition) is 0. The van der Waals surface area contributed by atoms with Gasteiger partial charge >= 0.3 is 11.9 Å². The molecule has 5 rings (SSSR count). The molecular formula is C27H19ClF3N5O2. The zero-order valence-electron chi connectivity index (χ0n) is 19.9. The molecule has 7 nitrogen and oxygen atoms in total. The molecule has 0 fully saturated rings. The number of alkyl halides is 3. The Balaban J connectivity index is 1.58. The summed E-state index contributed by atoms with van der Waals surface area (Å²) in [7, 11) is 1.60. The van der Waals surface area contributed by atoms with Crippen molar-refractivity contribution < 1.29 is 17.9 Å². The third-order valence-corrected chi connectivity index (χ3v) is 6.05. The summed E-state index contributed by atoms with van der Waals surface area (Å²) in [4.78, 5) is 16.6. The van der Waals surface area contributed by atoms with Crippen LogP contribution in [-0.2, 0) is 12.7 Å². The van der Waals surface area contributed by atoms with Crippen molar-refractivity contribution in [2.24, 2.45) is 0 Å². The number of rotatable bonds is 6. The number of benzene rings is 2. The van der Waals surface area contributed by atoms with E-state index in [2.05, 4.69) is 15.2 Å². The molecule has 11 heteroatoms. The second-order valence-electron chi connectivity index (χ2n) is 8.31. The molecule has 3 heterocycles. The van der Waals surface area contributed by atoms with Gasteiger partial charge in [0.05, 0.1) is 19.9 Å². The van der Waals surface area contributed by atoms with E-state index in [0.29, 0.717) is 21.7 Å². The van der Waals surface area contributed by atoms with Crippen molar-refractivity contribution in [3.63, 3.8) is 0 Å². The predicted octanol–water partition coefficient (Wildman–Crippen LogP) is 5.85. The van der Waals surface area contributed by atoms with E-state index in [-0.39, 0.29) is 12.2 Å². The number of ether oxygens (including phenoxy) is 1. The Labute approximate surface area is 219 Å². The Bertz CT molecular complexity index is 1670. The molecule has 0 amide bonds. The van der Waals surface area contributed by atoms with Crippen molar-refractivity contribution in [1.29, 1.82) is 0 Å². The van der Waals surface area contributed by atoms with Gasteiger partial charge in [-0.2, -0.15) is 22.8 Å². The minimum atomic E-state index is -4.55. The van der Waals surface area contributed by atoms with Crippen LogP contribution in [0.3, 0.4) is 0 Å². The van der Waals surface area contributed by atoms with Crippen LogP contribution in [0.15, 0.2) is 77.9 Å². The Morgan fingerprint density at radius 1 is 0.974 bits per heavy atom. The van der Waals surface area contributed by atoms with E-state index >= 15 is 0 Å². The van der Waals surface area contributed by atoms with Crippen LogP contribution in [0.2, 0.25) is 5.02 Å². The van der Waals surface area contributed by atoms with Crippen LogP contribution < -0.4 is 10.4 Å². The molecular weight excluding hydrogens is 519 g/mol. The van der Waals surface area contributed by atoms with Crippen LogP contribution in [-0.4, -0.2) is 31.5 Å². The van der Waals surface area contributed by atoms with Crippen LogP contribution in [0.1, 0.15) is 22.4 Å². The third-order valence-electron chi connectivity index (χ3n) is 5.79. The summed E-state index contributed by atoms with van der Waals surface area (Å²) in [5, 5.41) is 9.33. The quantitative estimate of drug-likeness (QED) is 0.271. The van der Waals surface area contributed by atoms with Gasteiger partial charge in [0.2, 0.25) is 0 Å². The van der Waals surface area contributed by atoms with Crippen molar-refractivity contribution in [2.75, 3.05) is 7.11 Å². The number of aromatic nitrogens is 5. The van der Waals surface area contributed by atoms with Crippen LogP contribution in [0.5, 0.6) is 5.75 Å². The summed E-state index contributed by atoms with van der Waals surface area (Å²) in [5.41, 5.74) is 2.14. The lowest BCUT2D eigenvalue weighted by atomic mass is 10.0. The molecule has 0 aliphatic heterocycles. The van der Waals surface area contributed by atoms with Gasteiger partial charge < -0.3 is 4.74 Å². The first-order valence-corrected chi connectivity index (χ1v) is 11.7. The van der Waals surface area contributed by atoms with E-state index in [1.807, 2.05) is 48.6 Å². The molecule has 0 N–H and O–H groups in total. The minimum absolute atomic E-state index is 0.0790. The molecule has 0 saturated carbocycles. The molecule has 192 valence electrons. The fraction of sp³-hybridized carbons (Fsp3) is 0.111. The molecule has 3 aromatic heterocycles. The van der Waals surface area contributed by atoms with E-state index in [1.54, 1.807) is 25.4 Å². The molecule has 0 atom stereocenters. The zero-order valence-corrected chi connectivity index (χ0v) is 20.6. The van der Waals surface area contributed by atoms with E-state index in [1.165, 1.54) is 6.07 Å². The van der Waals surface area contributed by atoms with Gasteiger partial charge in [0, 0.05) is 22.3 Å². The molecule has 0 unspecified atom stereocenters. The first kappa shape index (κ1) is 25.2. The van der Waals surface area contributed by atoms with Gasteiger partial charge in [-0.15, -0.1) is 5.10 Å². The van der Waals surface area contributed by atoms with Gasteiger partial charge in [-0.05, 0) is 47.0 Å². The average molecular weight is 538 g/mol. The smallest absolute Gasteiger partial charge is 0.433 e. The van der Waals surface area contributed by atoms with Crippen molar-refractivity contribution in [1.82, 2.24) is 24.4 Å². The highest BCUT2D eigenvalue weighted by Gasteiger charge is 2.32. The highest BCUT2D eigenvalue weighted by Crippen LogP contribution is 2.30. The minimum Gasteiger partial charge on any atom is -0.497 e. The summed E-state index contributed by atoms with van der Waals surface area (Å²) in [5.74, 6) is 0.736. The Morgan fingerprint density at radius 3 is 2.34 bits per heavy atom. The van der Waals surface area contributed by atoms with E-state index in [9.17, 15) is 18.0 Å². The monoisotopic (exact) mass is 537 g/mol. The Morgan fingerprint density at radius 2 is 1.71 bits per heavy atom. The fourth-order valence-corrected chi connectivity index (χ4v) is 4.00. The summed E-state index contributed by atoms with van der Waals surface area (Å²) >= 11 is 6.09. The number of nitrogens with zero attached hydrogens (tertiary/aromatic N) is 5. The molecule has 0 bridgehead atoms. The zero-order chi connectivity index (χ0) is 26.9. The number of halogens is 4. The molecule has 0 spiro atoms. The molecule has 0 saturated heterocycles. The molecule has 38 heavy (non-hydrogen) atoms. The van der Waals surface area contributed by atoms with Crippen LogP contribution in [0, 0.1) is 0 Å². The maximum atomic E-state index is 13.1. The number of methoxy groups -OCH3 is 1. The van der Waals surface area contributed by atoms with Gasteiger partial charge in [0.25, 0.3) is 0 Å². The van der Waals surface area contributed by atoms with Crippen molar-refractivity contribution in [3.05, 3.63) is 111 Å². The van der Waals surface area contributed by atoms with E-state index in [4.69, 9.17) is 16.3 Å². The molecule has 2 aromatic carbocycles. The van der Waals surface area contributed by atoms with Crippen molar-refractivity contribution in [3.8, 4) is 16.9 Å². The summed E-state index contributed by atoms with van der Waals surface area (Å²) in [6.45, 7) is -0.0790. The Hall–Kier alpha value is -4.44. The second-order valence-corrected chi connectivity index (χ2v) is 8.75. The standard InChI is InChI=1S/C27H19ClF3N5O2/c1-38-22-11-3-17(4-12-22)2-6-20-15-33-36-25(24(20)19-7-9-21(28)10-8-19)34-35(26(36)37)16-18-5-13-23(32-14-18)27(29,30)31/h2-15H,16H2,1H3. The second kappa shape index (κ2) is 10.1. The number of pyridine rings is 1. The molecule has 5 aromatic rings. The van der Waals surface area contributed by atoms with Gasteiger partial charge in [-0.3, -0.25) is 4.98 Å². The maximum Gasteiger partial charge on any atom is 0.433 e. The van der Waals surface area contributed by atoms with Gasteiger partial charge in [-0.1, -0.05) is 54.1 Å². The number of fused-ring (bicyclic) bond motifs is 1. The highest BCUT2D eigenvalue weighted by atomic mass is 35.5. The lowest BCUT2D eigenvalue weighted by molar-refractivity contribution is -0.141. The van der Waals surface area contributed by atoms with Crippen molar-refractivity contribution >= 4 is 29.4 Å². The molecule has 0 aliphatic carbocycles. The van der Waals surface area contributed by atoms with E-state index in [0.717, 1.165) is 38.3 Å². The van der Waals surface area contributed by atoms with Crippen LogP contribution in [0.4, 0.5) is 13.2 Å². The highest BCUT2D eigenvalue weighted by molar-refractivity contribution is 6.30. The lowest BCUT2D eigenvalue weighted by Crippen LogP contribution is -2.23. The first-order chi connectivity index (χ1) is 18.2. The summed E-state index contributed by atoms with van der Waals surface area (Å²) in [6.07, 6.45) is 1.85.